The van der Waals surface area contributed by atoms with Gasteiger partial charge in [0.2, 0.25) is 5.89 Å². The summed E-state index contributed by atoms with van der Waals surface area (Å²) in [6.45, 7) is 4.15. The molecule has 0 bridgehead atoms. The van der Waals surface area contributed by atoms with E-state index in [4.69, 9.17) is 33.4 Å². The van der Waals surface area contributed by atoms with Crippen LogP contribution in [0.4, 0.5) is 0 Å². The van der Waals surface area contributed by atoms with E-state index in [1.54, 1.807) is 12.1 Å². The molecule has 0 saturated heterocycles. The third kappa shape index (κ3) is 4.36. The maximum atomic E-state index is 6.13. The van der Waals surface area contributed by atoms with Crippen LogP contribution in [0.15, 0.2) is 27.8 Å². The molecule has 2 rings (SSSR count). The Hall–Kier alpha value is -0.750. The fraction of sp³-hybridized carbons (Fsp3) is 0.429. The van der Waals surface area contributed by atoms with Crippen LogP contribution in [0, 0.1) is 5.92 Å². The zero-order valence-corrected chi connectivity index (χ0v) is 14.2. The molecule has 7 heteroatoms. The van der Waals surface area contributed by atoms with Gasteiger partial charge < -0.3 is 10.2 Å². The van der Waals surface area contributed by atoms with Crippen LogP contribution in [0.25, 0.3) is 0 Å². The minimum Gasteiger partial charge on any atom is -0.414 e. The van der Waals surface area contributed by atoms with Gasteiger partial charge in [0, 0.05) is 15.8 Å². The van der Waals surface area contributed by atoms with Gasteiger partial charge in [0.05, 0.1) is 6.04 Å². The first-order valence-corrected chi connectivity index (χ1v) is 8.41. The SMILES string of the molecule is CC[C@H](C)[C@@H](N)c1nnc(SCc2ccc(Cl)cc2Cl)o1. The summed E-state index contributed by atoms with van der Waals surface area (Å²) >= 11 is 13.4. The molecule has 2 N–H and O–H groups in total. The highest BCUT2D eigenvalue weighted by Crippen LogP contribution is 2.29. The lowest BCUT2D eigenvalue weighted by Gasteiger charge is -2.13. The highest BCUT2D eigenvalue weighted by molar-refractivity contribution is 7.98. The van der Waals surface area contributed by atoms with Gasteiger partial charge in [-0.3, -0.25) is 0 Å². The lowest BCUT2D eigenvalue weighted by Crippen LogP contribution is -2.18. The molecule has 21 heavy (non-hydrogen) atoms. The van der Waals surface area contributed by atoms with Crippen LogP contribution < -0.4 is 5.73 Å². The van der Waals surface area contributed by atoms with Gasteiger partial charge in [-0.2, -0.15) is 0 Å². The lowest BCUT2D eigenvalue weighted by atomic mass is 10.0. The fourth-order valence-electron chi connectivity index (χ4n) is 1.69. The average molecular weight is 346 g/mol. The van der Waals surface area contributed by atoms with Crippen LogP contribution in [0.5, 0.6) is 0 Å². The molecule has 0 saturated carbocycles. The van der Waals surface area contributed by atoms with E-state index in [0.717, 1.165) is 12.0 Å². The summed E-state index contributed by atoms with van der Waals surface area (Å²) in [7, 11) is 0. The zero-order chi connectivity index (χ0) is 15.4. The molecule has 0 aliphatic heterocycles. The van der Waals surface area contributed by atoms with Crippen LogP contribution >= 0.6 is 35.0 Å². The van der Waals surface area contributed by atoms with Crippen LogP contribution in [0.2, 0.25) is 10.0 Å². The Morgan fingerprint density at radius 2 is 2.10 bits per heavy atom. The van der Waals surface area contributed by atoms with Gasteiger partial charge in [0.1, 0.15) is 0 Å². The van der Waals surface area contributed by atoms with E-state index in [1.807, 2.05) is 6.07 Å². The third-order valence-corrected chi connectivity index (χ3v) is 4.78. The first-order chi connectivity index (χ1) is 10.0. The smallest absolute Gasteiger partial charge is 0.276 e. The van der Waals surface area contributed by atoms with E-state index in [0.29, 0.717) is 32.8 Å². The number of hydrogen-bond donors (Lipinski definition) is 1. The Morgan fingerprint density at radius 3 is 2.76 bits per heavy atom. The van der Waals surface area contributed by atoms with Crippen LogP contribution in [0.1, 0.15) is 37.8 Å². The van der Waals surface area contributed by atoms with E-state index < -0.39 is 0 Å². The summed E-state index contributed by atoms with van der Waals surface area (Å²) in [6.07, 6.45) is 0.965. The molecule has 1 aromatic heterocycles. The molecule has 4 nitrogen and oxygen atoms in total. The first kappa shape index (κ1) is 16.6. The molecule has 114 valence electrons. The van der Waals surface area contributed by atoms with Gasteiger partial charge in [-0.05, 0) is 23.6 Å². The highest BCUT2D eigenvalue weighted by atomic mass is 35.5. The quantitative estimate of drug-likeness (QED) is 0.767. The molecular weight excluding hydrogens is 329 g/mol. The molecule has 0 spiro atoms. The molecule has 0 radical (unpaired) electrons. The summed E-state index contributed by atoms with van der Waals surface area (Å²) in [5.41, 5.74) is 7.04. The monoisotopic (exact) mass is 345 g/mol. The predicted octanol–water partition coefficient (Wildman–Crippen LogP) is 4.71. The van der Waals surface area contributed by atoms with E-state index in [9.17, 15) is 0 Å². The van der Waals surface area contributed by atoms with Crippen molar-refractivity contribution in [1.82, 2.24) is 10.2 Å². The first-order valence-electron chi connectivity index (χ1n) is 6.67. The van der Waals surface area contributed by atoms with Crippen molar-refractivity contribution in [3.63, 3.8) is 0 Å². The molecule has 0 aliphatic rings. The van der Waals surface area contributed by atoms with Crippen molar-refractivity contribution in [1.29, 1.82) is 0 Å². The lowest BCUT2D eigenvalue weighted by molar-refractivity contribution is 0.333. The molecule has 0 unspecified atom stereocenters. The Kier molecular flexibility index (Phi) is 5.93. The molecule has 2 atom stereocenters. The molecule has 0 aliphatic carbocycles. The maximum absolute atomic E-state index is 6.13. The Bertz CT molecular complexity index is 606. The second kappa shape index (κ2) is 7.49. The molecule has 2 aromatic rings. The number of nitrogens with zero attached hydrogens (tertiary/aromatic N) is 2. The molecule has 0 amide bonds. The van der Waals surface area contributed by atoms with E-state index in [2.05, 4.69) is 24.0 Å². The standard InChI is InChI=1S/C14H17Cl2N3OS/c1-3-8(2)12(17)13-18-19-14(20-13)21-7-9-4-5-10(15)6-11(9)16/h4-6,8,12H,3,7,17H2,1-2H3/t8-,12+/m0/s1. The summed E-state index contributed by atoms with van der Waals surface area (Å²) in [4.78, 5) is 0. The second-order valence-electron chi connectivity index (χ2n) is 4.84. The van der Waals surface area contributed by atoms with Gasteiger partial charge in [-0.1, -0.05) is 61.3 Å². The number of nitrogens with two attached hydrogens (primary N) is 1. The van der Waals surface area contributed by atoms with Crippen molar-refractivity contribution in [2.75, 3.05) is 0 Å². The Labute approximate surface area is 138 Å². The molecule has 1 heterocycles. The predicted molar refractivity (Wildman–Crippen MR) is 86.7 cm³/mol. The van der Waals surface area contributed by atoms with Gasteiger partial charge in [-0.15, -0.1) is 10.2 Å². The van der Waals surface area contributed by atoms with Gasteiger partial charge in [0.25, 0.3) is 5.22 Å². The number of benzene rings is 1. The Morgan fingerprint density at radius 1 is 1.33 bits per heavy atom. The molecular formula is C14H17Cl2N3OS. The van der Waals surface area contributed by atoms with Gasteiger partial charge in [0.15, 0.2) is 0 Å². The summed E-state index contributed by atoms with van der Waals surface area (Å²) in [5, 5.41) is 9.78. The maximum Gasteiger partial charge on any atom is 0.276 e. The number of halogens is 2. The minimum atomic E-state index is -0.226. The average Bonchev–Trinajstić information content (AvgIpc) is 2.93. The van der Waals surface area contributed by atoms with E-state index in [-0.39, 0.29) is 6.04 Å². The van der Waals surface area contributed by atoms with E-state index >= 15 is 0 Å². The zero-order valence-electron chi connectivity index (χ0n) is 11.8. The largest absolute Gasteiger partial charge is 0.414 e. The number of thioether (sulfide) groups is 1. The summed E-state index contributed by atoms with van der Waals surface area (Å²) in [5.74, 6) is 1.42. The number of rotatable bonds is 6. The van der Waals surface area contributed by atoms with Crippen molar-refractivity contribution in [3.05, 3.63) is 39.7 Å². The normalized spacial score (nSPS) is 14.1. The second-order valence-corrected chi connectivity index (χ2v) is 6.61. The highest BCUT2D eigenvalue weighted by Gasteiger charge is 2.20. The van der Waals surface area contributed by atoms with Crippen molar-refractivity contribution >= 4 is 35.0 Å². The van der Waals surface area contributed by atoms with Crippen molar-refractivity contribution < 1.29 is 4.42 Å². The summed E-state index contributed by atoms with van der Waals surface area (Å²) < 4.78 is 5.60. The fourth-order valence-corrected chi connectivity index (χ4v) is 3.02. The van der Waals surface area contributed by atoms with Crippen molar-refractivity contribution in [3.8, 4) is 0 Å². The van der Waals surface area contributed by atoms with Crippen LogP contribution in [-0.4, -0.2) is 10.2 Å². The molecule has 0 fully saturated rings. The van der Waals surface area contributed by atoms with Crippen molar-refractivity contribution in [2.45, 2.75) is 37.3 Å². The third-order valence-electron chi connectivity index (χ3n) is 3.33. The Balaban J connectivity index is 1.99. The minimum absolute atomic E-state index is 0.226. The topological polar surface area (TPSA) is 64.9 Å². The molecule has 1 aromatic carbocycles. The van der Waals surface area contributed by atoms with Crippen LogP contribution in [-0.2, 0) is 5.75 Å². The number of hydrogen-bond acceptors (Lipinski definition) is 5. The summed E-state index contributed by atoms with van der Waals surface area (Å²) in [6, 6.07) is 5.19. The van der Waals surface area contributed by atoms with Crippen LogP contribution in [0.3, 0.4) is 0 Å². The van der Waals surface area contributed by atoms with Crippen molar-refractivity contribution in [2.24, 2.45) is 11.7 Å². The van der Waals surface area contributed by atoms with E-state index in [1.165, 1.54) is 11.8 Å². The van der Waals surface area contributed by atoms with Gasteiger partial charge >= 0.3 is 0 Å². The number of aromatic nitrogens is 2. The van der Waals surface area contributed by atoms with Gasteiger partial charge in [-0.25, -0.2) is 0 Å².